The molecule has 0 aliphatic carbocycles. The molecule has 1 heterocycles. The average Bonchev–Trinajstić information content (AvgIpc) is 2.46. The number of hydrogen-bond acceptors (Lipinski definition) is 2. The lowest BCUT2D eigenvalue weighted by Crippen LogP contribution is -2.43. The summed E-state index contributed by atoms with van der Waals surface area (Å²) in [6.07, 6.45) is -2.73. The van der Waals surface area contributed by atoms with Crippen molar-refractivity contribution in [2.24, 2.45) is 27.4 Å². The highest BCUT2D eigenvalue weighted by Crippen LogP contribution is 2.26. The highest BCUT2D eigenvalue weighted by atomic mass is 19.4. The molecule has 4 N–H and O–H groups in total. The van der Waals surface area contributed by atoms with Gasteiger partial charge in [0.2, 0.25) is 5.96 Å². The molecule has 0 aromatic heterocycles. The van der Waals surface area contributed by atoms with E-state index in [1.807, 2.05) is 4.90 Å². The van der Waals surface area contributed by atoms with Crippen LogP contribution >= 0.6 is 0 Å². The molecule has 0 atom stereocenters. The second kappa shape index (κ2) is 7.41. The van der Waals surface area contributed by atoms with Crippen molar-refractivity contribution in [2.75, 3.05) is 13.1 Å². The van der Waals surface area contributed by atoms with E-state index >= 15 is 0 Å². The standard InChI is InChI=1S/C15H20F3N5O/c1-10-5-7-23(8-6-10)14(20)22-13(19)21-11-3-2-4-12(9-11)24-15(16,17)18/h2-4,9-10H,5-8H2,1H3,(H4,19,20,21,22). The zero-order valence-electron chi connectivity index (χ0n) is 13.3. The summed E-state index contributed by atoms with van der Waals surface area (Å²) in [5, 5.41) is 0. The van der Waals surface area contributed by atoms with Crippen molar-refractivity contribution in [3.05, 3.63) is 24.3 Å². The molecule has 1 fully saturated rings. The molecule has 0 unspecified atom stereocenters. The zero-order valence-corrected chi connectivity index (χ0v) is 13.3. The predicted molar refractivity (Wildman–Crippen MR) is 86.0 cm³/mol. The first-order valence-electron chi connectivity index (χ1n) is 7.52. The van der Waals surface area contributed by atoms with Crippen LogP contribution in [0.15, 0.2) is 34.3 Å². The number of alkyl halides is 3. The maximum Gasteiger partial charge on any atom is 0.573 e. The van der Waals surface area contributed by atoms with E-state index in [0.29, 0.717) is 5.92 Å². The average molecular weight is 343 g/mol. The molecule has 9 heteroatoms. The molecule has 1 aromatic carbocycles. The van der Waals surface area contributed by atoms with Gasteiger partial charge in [-0.25, -0.2) is 4.99 Å². The molecule has 1 aromatic rings. The maximum atomic E-state index is 12.2. The molecule has 132 valence electrons. The number of benzene rings is 1. The molecule has 0 bridgehead atoms. The number of nitrogens with two attached hydrogens (primary N) is 2. The molecule has 1 saturated heterocycles. The third-order valence-corrected chi connectivity index (χ3v) is 3.63. The first-order chi connectivity index (χ1) is 11.2. The lowest BCUT2D eigenvalue weighted by Gasteiger charge is -2.30. The second-order valence-electron chi connectivity index (χ2n) is 5.65. The van der Waals surface area contributed by atoms with E-state index in [-0.39, 0.29) is 23.4 Å². The number of nitrogens with zero attached hydrogens (tertiary/aromatic N) is 3. The summed E-state index contributed by atoms with van der Waals surface area (Å²) in [6.45, 7) is 3.76. The van der Waals surface area contributed by atoms with E-state index in [1.165, 1.54) is 18.2 Å². The van der Waals surface area contributed by atoms with E-state index in [1.54, 1.807) is 0 Å². The molecular weight excluding hydrogens is 323 g/mol. The number of hydrogen-bond donors (Lipinski definition) is 2. The van der Waals surface area contributed by atoms with Crippen molar-refractivity contribution in [3.63, 3.8) is 0 Å². The van der Waals surface area contributed by atoms with Gasteiger partial charge in [-0.15, -0.1) is 13.2 Å². The van der Waals surface area contributed by atoms with Crippen LogP contribution in [-0.2, 0) is 0 Å². The molecule has 1 aliphatic rings. The van der Waals surface area contributed by atoms with Crippen LogP contribution in [0.3, 0.4) is 0 Å². The number of guanidine groups is 2. The monoisotopic (exact) mass is 343 g/mol. The van der Waals surface area contributed by atoms with E-state index in [2.05, 4.69) is 21.6 Å². The summed E-state index contributed by atoms with van der Waals surface area (Å²) in [5.74, 6) is 0.399. The minimum Gasteiger partial charge on any atom is -0.406 e. The summed E-state index contributed by atoms with van der Waals surface area (Å²) in [5.41, 5.74) is 11.8. The van der Waals surface area contributed by atoms with Crippen LogP contribution in [0.1, 0.15) is 19.8 Å². The Balaban J connectivity index is 2.07. The van der Waals surface area contributed by atoms with Crippen molar-refractivity contribution < 1.29 is 17.9 Å². The van der Waals surface area contributed by atoms with Gasteiger partial charge in [-0.05, 0) is 30.9 Å². The van der Waals surface area contributed by atoms with Crippen molar-refractivity contribution in [1.29, 1.82) is 0 Å². The highest BCUT2D eigenvalue weighted by molar-refractivity contribution is 5.94. The van der Waals surface area contributed by atoms with Crippen molar-refractivity contribution in [3.8, 4) is 5.75 Å². The Morgan fingerprint density at radius 3 is 2.54 bits per heavy atom. The third-order valence-electron chi connectivity index (χ3n) is 3.63. The Hall–Kier alpha value is -2.45. The minimum atomic E-state index is -4.76. The Morgan fingerprint density at radius 1 is 1.25 bits per heavy atom. The molecular formula is C15H20F3N5O. The van der Waals surface area contributed by atoms with E-state index in [0.717, 1.165) is 32.0 Å². The van der Waals surface area contributed by atoms with Gasteiger partial charge in [0.05, 0.1) is 5.69 Å². The third kappa shape index (κ3) is 5.64. The number of rotatable bonds is 2. The molecule has 24 heavy (non-hydrogen) atoms. The molecule has 0 spiro atoms. The zero-order chi connectivity index (χ0) is 17.7. The van der Waals surface area contributed by atoms with E-state index in [4.69, 9.17) is 11.5 Å². The SMILES string of the molecule is CC1CCN(/C(N)=N/C(N)=Nc2cccc(OC(F)(F)F)c2)CC1. The van der Waals surface area contributed by atoms with Crippen LogP contribution in [0, 0.1) is 5.92 Å². The Morgan fingerprint density at radius 2 is 1.92 bits per heavy atom. The van der Waals surface area contributed by atoms with Gasteiger partial charge >= 0.3 is 6.36 Å². The maximum absolute atomic E-state index is 12.2. The minimum absolute atomic E-state index is 0.129. The fourth-order valence-corrected chi connectivity index (χ4v) is 2.33. The van der Waals surface area contributed by atoms with Crippen LogP contribution < -0.4 is 16.2 Å². The quantitative estimate of drug-likeness (QED) is 0.638. The number of aliphatic imine (C=N–C) groups is 2. The van der Waals surface area contributed by atoms with E-state index < -0.39 is 6.36 Å². The molecule has 0 saturated carbocycles. The summed E-state index contributed by atoms with van der Waals surface area (Å²) in [7, 11) is 0. The summed E-state index contributed by atoms with van der Waals surface area (Å²) < 4.78 is 40.5. The summed E-state index contributed by atoms with van der Waals surface area (Å²) >= 11 is 0. The largest absolute Gasteiger partial charge is 0.573 e. The molecule has 2 rings (SSSR count). The van der Waals surface area contributed by atoms with Crippen LogP contribution in [0.5, 0.6) is 5.75 Å². The van der Waals surface area contributed by atoms with E-state index in [9.17, 15) is 13.2 Å². The normalized spacial score (nSPS) is 17.9. The molecule has 0 amide bonds. The van der Waals surface area contributed by atoms with Gasteiger partial charge < -0.3 is 21.1 Å². The van der Waals surface area contributed by atoms with Gasteiger partial charge in [-0.1, -0.05) is 13.0 Å². The Bertz CT molecular complexity index is 622. The van der Waals surface area contributed by atoms with Gasteiger partial charge in [0.15, 0.2) is 5.96 Å². The van der Waals surface area contributed by atoms with Crippen LogP contribution in [0.4, 0.5) is 18.9 Å². The first-order valence-corrected chi connectivity index (χ1v) is 7.52. The fourth-order valence-electron chi connectivity index (χ4n) is 2.33. The van der Waals surface area contributed by atoms with Gasteiger partial charge in [-0.3, -0.25) is 0 Å². The van der Waals surface area contributed by atoms with Gasteiger partial charge in [0.25, 0.3) is 0 Å². The molecule has 1 aliphatic heterocycles. The van der Waals surface area contributed by atoms with Crippen molar-refractivity contribution >= 4 is 17.6 Å². The van der Waals surface area contributed by atoms with Crippen LogP contribution in [-0.4, -0.2) is 36.3 Å². The van der Waals surface area contributed by atoms with Crippen LogP contribution in [0.2, 0.25) is 0 Å². The molecule has 6 nitrogen and oxygen atoms in total. The lowest BCUT2D eigenvalue weighted by atomic mass is 10.00. The number of halogens is 3. The molecule has 0 radical (unpaired) electrons. The lowest BCUT2D eigenvalue weighted by molar-refractivity contribution is -0.274. The summed E-state index contributed by atoms with van der Waals surface area (Å²) in [4.78, 5) is 9.87. The van der Waals surface area contributed by atoms with Crippen molar-refractivity contribution in [2.45, 2.75) is 26.1 Å². The number of piperidine rings is 1. The highest BCUT2D eigenvalue weighted by Gasteiger charge is 2.31. The summed E-state index contributed by atoms with van der Waals surface area (Å²) in [6, 6.07) is 5.17. The topological polar surface area (TPSA) is 89.2 Å². The Kier molecular flexibility index (Phi) is 5.53. The van der Waals surface area contributed by atoms with Gasteiger partial charge in [-0.2, -0.15) is 4.99 Å². The number of ether oxygens (including phenoxy) is 1. The van der Waals surface area contributed by atoms with Crippen molar-refractivity contribution in [1.82, 2.24) is 4.90 Å². The Labute approximate surface area is 138 Å². The predicted octanol–water partition coefficient (Wildman–Crippen LogP) is 2.58. The fraction of sp³-hybridized carbons (Fsp3) is 0.467. The first kappa shape index (κ1) is 17.9. The van der Waals surface area contributed by atoms with Crippen LogP contribution in [0.25, 0.3) is 0 Å². The second-order valence-corrected chi connectivity index (χ2v) is 5.65. The van der Waals surface area contributed by atoms with Gasteiger partial charge in [0, 0.05) is 19.2 Å². The number of likely N-dealkylation sites (tertiary alicyclic amines) is 1. The van der Waals surface area contributed by atoms with Gasteiger partial charge in [0.1, 0.15) is 5.75 Å². The smallest absolute Gasteiger partial charge is 0.406 e.